The summed E-state index contributed by atoms with van der Waals surface area (Å²) in [6.45, 7) is 5.59. The van der Waals surface area contributed by atoms with E-state index in [1.54, 1.807) is 43.0 Å². The van der Waals surface area contributed by atoms with Crippen LogP contribution in [-0.2, 0) is 31.1 Å². The van der Waals surface area contributed by atoms with Crippen LogP contribution < -0.4 is 0 Å². The molecule has 2 saturated heterocycles. The third kappa shape index (κ3) is 6.08. The van der Waals surface area contributed by atoms with Gasteiger partial charge in [-0.2, -0.15) is 4.31 Å². The molecule has 0 spiro atoms. The van der Waals surface area contributed by atoms with Crippen molar-refractivity contribution >= 4 is 25.8 Å². The summed E-state index contributed by atoms with van der Waals surface area (Å²) < 4.78 is 51.6. The number of benzene rings is 1. The number of amides is 1. The Labute approximate surface area is 186 Å². The van der Waals surface area contributed by atoms with Gasteiger partial charge in [0.2, 0.25) is 15.9 Å². The van der Waals surface area contributed by atoms with Crippen molar-refractivity contribution in [1.82, 2.24) is 9.21 Å². The molecule has 2 aliphatic rings. The van der Waals surface area contributed by atoms with E-state index in [1.165, 1.54) is 4.31 Å². The Morgan fingerprint density at radius 3 is 2.26 bits per heavy atom. The first-order valence-electron chi connectivity index (χ1n) is 11.2. The molecule has 0 bridgehead atoms. The lowest BCUT2D eigenvalue weighted by Gasteiger charge is -2.32. The van der Waals surface area contributed by atoms with E-state index in [0.29, 0.717) is 44.6 Å². The van der Waals surface area contributed by atoms with Gasteiger partial charge < -0.3 is 4.90 Å². The molecule has 1 aromatic rings. The number of carbonyl (C=O) groups is 1. The smallest absolute Gasteiger partial charge is 0.243 e. The van der Waals surface area contributed by atoms with E-state index in [4.69, 9.17) is 0 Å². The van der Waals surface area contributed by atoms with Gasteiger partial charge in [-0.3, -0.25) is 4.79 Å². The van der Waals surface area contributed by atoms with E-state index in [1.807, 2.05) is 0 Å². The summed E-state index contributed by atoms with van der Waals surface area (Å²) in [5.74, 6) is 0.232. The highest BCUT2D eigenvalue weighted by Gasteiger charge is 2.29. The lowest BCUT2D eigenvalue weighted by atomic mass is 9.98. The van der Waals surface area contributed by atoms with Crippen molar-refractivity contribution in [1.29, 1.82) is 0 Å². The average Bonchev–Trinajstić information content (AvgIpc) is 2.74. The Morgan fingerprint density at radius 2 is 1.65 bits per heavy atom. The number of piperidine rings is 2. The monoisotopic (exact) mass is 470 g/mol. The molecule has 174 valence electrons. The van der Waals surface area contributed by atoms with Gasteiger partial charge in [-0.05, 0) is 63.1 Å². The maximum Gasteiger partial charge on any atom is 0.243 e. The van der Waals surface area contributed by atoms with Crippen LogP contribution in [0.4, 0.5) is 0 Å². The number of carbonyl (C=O) groups excluding carboxylic acids is 1. The molecule has 3 rings (SSSR count). The van der Waals surface area contributed by atoms with Crippen LogP contribution in [0.5, 0.6) is 0 Å². The maximum atomic E-state index is 12.9. The van der Waals surface area contributed by atoms with Crippen LogP contribution in [0.3, 0.4) is 0 Å². The van der Waals surface area contributed by atoms with Crippen LogP contribution in [0.1, 0.15) is 51.5 Å². The Balaban J connectivity index is 1.59. The fraction of sp³-hybridized carbons (Fsp3) is 0.682. The average molecular weight is 471 g/mol. The highest BCUT2D eigenvalue weighted by atomic mass is 32.2. The summed E-state index contributed by atoms with van der Waals surface area (Å²) in [6.07, 6.45) is 4.33. The third-order valence-electron chi connectivity index (χ3n) is 6.36. The van der Waals surface area contributed by atoms with E-state index in [9.17, 15) is 21.6 Å². The molecule has 1 aromatic carbocycles. The van der Waals surface area contributed by atoms with E-state index < -0.39 is 19.9 Å². The van der Waals surface area contributed by atoms with Gasteiger partial charge in [0.25, 0.3) is 0 Å². The van der Waals surface area contributed by atoms with Gasteiger partial charge in [0, 0.05) is 26.2 Å². The zero-order chi connectivity index (χ0) is 22.6. The molecule has 0 N–H and O–H groups in total. The minimum absolute atomic E-state index is 0.0438. The first-order valence-corrected chi connectivity index (χ1v) is 14.3. The van der Waals surface area contributed by atoms with Crippen LogP contribution in [0, 0.1) is 5.92 Å². The Hall–Kier alpha value is -1.45. The molecule has 0 atom stereocenters. The summed E-state index contributed by atoms with van der Waals surface area (Å²) in [5.41, 5.74) is 0.688. The molecule has 0 aromatic heterocycles. The number of hydrogen-bond acceptors (Lipinski definition) is 5. The lowest BCUT2D eigenvalue weighted by molar-refractivity contribution is -0.131. The van der Waals surface area contributed by atoms with Crippen molar-refractivity contribution in [2.24, 2.45) is 5.92 Å². The molecule has 2 aliphatic heterocycles. The van der Waals surface area contributed by atoms with Gasteiger partial charge in [0.15, 0.2) is 9.84 Å². The zero-order valence-corrected chi connectivity index (χ0v) is 20.1. The van der Waals surface area contributed by atoms with Crippen molar-refractivity contribution in [3.8, 4) is 0 Å². The predicted molar refractivity (Wildman–Crippen MR) is 121 cm³/mol. The number of nitrogens with zero attached hydrogens (tertiary/aromatic N) is 2. The summed E-state index contributed by atoms with van der Waals surface area (Å²) in [4.78, 5) is 14.8. The van der Waals surface area contributed by atoms with E-state index in [2.05, 4.69) is 0 Å². The van der Waals surface area contributed by atoms with Gasteiger partial charge in [0.1, 0.15) is 0 Å². The highest BCUT2D eigenvalue weighted by molar-refractivity contribution is 7.92. The van der Waals surface area contributed by atoms with Crippen molar-refractivity contribution in [2.75, 3.05) is 31.9 Å². The van der Waals surface area contributed by atoms with Gasteiger partial charge in [-0.1, -0.05) is 18.6 Å². The van der Waals surface area contributed by atoms with E-state index >= 15 is 0 Å². The SMILES string of the molecule is CC(C)S(=O)(=O)CC1CCN(C(=O)Cc2cccc(S(=O)(=O)N3CCCCC3)c2)CC1. The molecule has 2 heterocycles. The Bertz CT molecular complexity index is 975. The molecule has 0 saturated carbocycles. The van der Waals surface area contributed by atoms with Crippen LogP contribution >= 0.6 is 0 Å². The number of rotatable bonds is 7. The molecule has 0 unspecified atom stereocenters. The molecule has 31 heavy (non-hydrogen) atoms. The number of hydrogen-bond donors (Lipinski definition) is 0. The van der Waals surface area contributed by atoms with Crippen LogP contribution in [0.25, 0.3) is 0 Å². The summed E-state index contributed by atoms with van der Waals surface area (Å²) in [7, 11) is -6.60. The second-order valence-corrected chi connectivity index (χ2v) is 13.5. The molecule has 2 fully saturated rings. The van der Waals surface area contributed by atoms with Crippen molar-refractivity contribution in [2.45, 2.75) is 62.5 Å². The second-order valence-electron chi connectivity index (χ2n) is 8.99. The largest absolute Gasteiger partial charge is 0.342 e. The first kappa shape index (κ1) is 24.2. The minimum Gasteiger partial charge on any atom is -0.342 e. The van der Waals surface area contributed by atoms with Gasteiger partial charge >= 0.3 is 0 Å². The number of sulfonamides is 1. The summed E-state index contributed by atoms with van der Waals surface area (Å²) in [5, 5.41) is -0.374. The number of sulfone groups is 1. The highest BCUT2D eigenvalue weighted by Crippen LogP contribution is 2.23. The number of likely N-dealkylation sites (tertiary alicyclic amines) is 1. The van der Waals surface area contributed by atoms with Crippen molar-refractivity contribution in [3.63, 3.8) is 0 Å². The first-order chi connectivity index (χ1) is 14.6. The second kappa shape index (κ2) is 10.0. The standard InChI is InChI=1S/C22H34N2O5S2/c1-18(2)30(26,27)17-19-9-13-23(14-10-19)22(25)16-20-7-6-8-21(15-20)31(28,29)24-11-4-3-5-12-24/h6-8,15,18-19H,3-5,9-14,16-17H2,1-2H3. The predicted octanol–water partition coefficient (Wildman–Crippen LogP) is 2.47. The fourth-order valence-electron chi connectivity index (χ4n) is 4.23. The van der Waals surface area contributed by atoms with Gasteiger partial charge in [-0.25, -0.2) is 16.8 Å². The lowest BCUT2D eigenvalue weighted by Crippen LogP contribution is -2.41. The Kier molecular flexibility index (Phi) is 7.81. The zero-order valence-electron chi connectivity index (χ0n) is 18.5. The minimum atomic E-state index is -3.53. The van der Waals surface area contributed by atoms with Crippen molar-refractivity contribution in [3.05, 3.63) is 29.8 Å². The Morgan fingerprint density at radius 1 is 1.00 bits per heavy atom. The van der Waals surface area contributed by atoms with Crippen molar-refractivity contribution < 1.29 is 21.6 Å². The molecule has 7 nitrogen and oxygen atoms in total. The third-order valence-corrected chi connectivity index (χ3v) is 10.6. The molecule has 1 amide bonds. The fourth-order valence-corrected chi connectivity index (χ4v) is 7.19. The quantitative estimate of drug-likeness (QED) is 0.610. The summed E-state index contributed by atoms with van der Waals surface area (Å²) in [6, 6.07) is 6.69. The molecule has 0 radical (unpaired) electrons. The van der Waals surface area contributed by atoms with Gasteiger partial charge in [-0.15, -0.1) is 0 Å². The van der Waals surface area contributed by atoms with E-state index in [0.717, 1.165) is 19.3 Å². The van der Waals surface area contributed by atoms with Crippen LogP contribution in [0.15, 0.2) is 29.2 Å². The normalized spacial score (nSPS) is 19.6. The molecular weight excluding hydrogens is 436 g/mol. The summed E-state index contributed by atoms with van der Waals surface area (Å²) >= 11 is 0. The topological polar surface area (TPSA) is 91.8 Å². The molecule has 9 heteroatoms. The van der Waals surface area contributed by atoms with Gasteiger partial charge in [0.05, 0.1) is 22.3 Å². The van der Waals surface area contributed by atoms with Crippen LogP contribution in [0.2, 0.25) is 0 Å². The molecule has 0 aliphatic carbocycles. The maximum absolute atomic E-state index is 12.9. The van der Waals surface area contributed by atoms with Crippen LogP contribution in [-0.4, -0.2) is 69.1 Å². The van der Waals surface area contributed by atoms with E-state index in [-0.39, 0.29) is 34.1 Å². The molecular formula is C22H34N2O5S2.